The Morgan fingerprint density at radius 1 is 0.966 bits per heavy atom. The molecule has 14 nitrogen and oxygen atoms in total. The molecule has 4 amide bonds. The molecule has 0 unspecified atom stereocenters. The molecule has 3 fully saturated rings. The van der Waals surface area contributed by atoms with E-state index >= 15 is 0 Å². The molecule has 2 saturated carbocycles. The van der Waals surface area contributed by atoms with Crippen molar-refractivity contribution in [1.82, 2.24) is 30.0 Å². The van der Waals surface area contributed by atoms with Gasteiger partial charge in [0.2, 0.25) is 21.8 Å². The Morgan fingerprint density at radius 2 is 1.59 bits per heavy atom. The molecule has 3 aliphatic carbocycles. The number of aromatic nitrogens is 2. The number of hydrogen-bond acceptors (Lipinski definition) is 9. The fourth-order valence-electron chi connectivity index (χ4n) is 8.46. The fourth-order valence-corrected chi connectivity index (χ4v) is 9.83. The van der Waals surface area contributed by atoms with Crippen LogP contribution in [0.15, 0.2) is 78.2 Å². The first-order chi connectivity index (χ1) is 27.7. The van der Waals surface area contributed by atoms with E-state index in [1.807, 2.05) is 42.5 Å². The third-order valence-corrected chi connectivity index (χ3v) is 13.6. The summed E-state index contributed by atoms with van der Waals surface area (Å²) in [6.45, 7) is 14.1. The zero-order valence-electron chi connectivity index (χ0n) is 34.5. The highest BCUT2D eigenvalue weighted by atomic mass is 32.2. The van der Waals surface area contributed by atoms with Crippen molar-refractivity contribution in [3.8, 4) is 11.1 Å². The molecule has 0 radical (unpaired) electrons. The summed E-state index contributed by atoms with van der Waals surface area (Å²) in [5.41, 5.74) is 0.737. The average molecular weight is 827 g/mol. The standard InChI is InChI=1S/C44H54N6O8S/c1-8-30-23-44(30,40(54)48-59(56,57)32-18-19-32)47-37(51)34-22-31(25-49(34)39(53)36(42(2,3)4)46-41(55)58-43(5,6)7)50-38(52)35(26-14-10-9-11-15-26)33(24-45-50)29-20-27-16-12-13-17-28(27)21-29/h8-17,24,29-32,34,36H,1,18-23,25H2,2-7H3,(H,46,55)(H,47,51)(H,48,54)/t30-,31-,34+,36-,44-/m1/s1. The van der Waals surface area contributed by atoms with Gasteiger partial charge in [-0.05, 0) is 86.5 Å². The van der Waals surface area contributed by atoms with E-state index in [-0.39, 0.29) is 30.9 Å². The number of hydrogen-bond donors (Lipinski definition) is 3. The predicted molar refractivity (Wildman–Crippen MR) is 222 cm³/mol. The molecule has 2 aromatic carbocycles. The van der Waals surface area contributed by atoms with Crippen molar-refractivity contribution in [2.24, 2.45) is 11.3 Å². The Labute approximate surface area is 345 Å². The van der Waals surface area contributed by atoms with Crippen LogP contribution in [0, 0.1) is 11.3 Å². The predicted octanol–water partition coefficient (Wildman–Crippen LogP) is 4.54. The maximum absolute atomic E-state index is 14.8. The maximum Gasteiger partial charge on any atom is 0.408 e. The van der Waals surface area contributed by atoms with Gasteiger partial charge in [0.1, 0.15) is 23.2 Å². The van der Waals surface area contributed by atoms with Gasteiger partial charge in [-0.25, -0.2) is 17.9 Å². The second kappa shape index (κ2) is 15.4. The van der Waals surface area contributed by atoms with E-state index in [9.17, 15) is 32.4 Å². The number of benzene rings is 2. The van der Waals surface area contributed by atoms with E-state index in [1.165, 1.54) is 26.8 Å². The van der Waals surface area contributed by atoms with E-state index < -0.39 is 79.7 Å². The van der Waals surface area contributed by atoms with Gasteiger partial charge >= 0.3 is 6.09 Å². The Hall–Kier alpha value is -5.31. The lowest BCUT2D eigenvalue weighted by atomic mass is 9.85. The minimum absolute atomic E-state index is 0.00604. The lowest BCUT2D eigenvalue weighted by molar-refractivity contribution is -0.143. The van der Waals surface area contributed by atoms with E-state index in [2.05, 4.69) is 34.1 Å². The normalized spacial score (nSPS) is 23.5. The summed E-state index contributed by atoms with van der Waals surface area (Å²) in [6.07, 6.45) is 4.81. The van der Waals surface area contributed by atoms with Gasteiger partial charge in [0.05, 0.1) is 23.1 Å². The van der Waals surface area contributed by atoms with Crippen LogP contribution in [0.25, 0.3) is 11.1 Å². The highest BCUT2D eigenvalue weighted by Crippen LogP contribution is 2.46. The van der Waals surface area contributed by atoms with Gasteiger partial charge in [0.15, 0.2) is 0 Å². The molecule has 3 N–H and O–H groups in total. The van der Waals surface area contributed by atoms with Gasteiger partial charge in [-0.1, -0.05) is 81.4 Å². The van der Waals surface area contributed by atoms with Gasteiger partial charge < -0.3 is 20.3 Å². The van der Waals surface area contributed by atoms with Crippen molar-refractivity contribution < 1.29 is 32.3 Å². The Morgan fingerprint density at radius 3 is 2.15 bits per heavy atom. The number of ether oxygens (including phenoxy) is 1. The molecule has 0 spiro atoms. The van der Waals surface area contributed by atoms with Crippen LogP contribution in [0.5, 0.6) is 0 Å². The van der Waals surface area contributed by atoms with Crippen LogP contribution in [-0.2, 0) is 42.0 Å². The highest BCUT2D eigenvalue weighted by Gasteiger charge is 2.62. The first-order valence-electron chi connectivity index (χ1n) is 20.3. The van der Waals surface area contributed by atoms with Crippen molar-refractivity contribution in [3.05, 3.63) is 100 Å². The van der Waals surface area contributed by atoms with Gasteiger partial charge in [0.25, 0.3) is 11.5 Å². The number of rotatable bonds is 11. The lowest BCUT2D eigenvalue weighted by Crippen LogP contribution is -2.60. The molecule has 314 valence electrons. The number of fused-ring (bicyclic) bond motifs is 1. The summed E-state index contributed by atoms with van der Waals surface area (Å²) in [5, 5.41) is 9.58. The number of likely N-dealkylation sites (tertiary alicyclic amines) is 1. The molecular weight excluding hydrogens is 773 g/mol. The third kappa shape index (κ3) is 8.57. The van der Waals surface area contributed by atoms with E-state index in [1.54, 1.807) is 47.7 Å². The van der Waals surface area contributed by atoms with Crippen LogP contribution in [-0.4, -0.2) is 81.9 Å². The monoisotopic (exact) mass is 826 g/mol. The van der Waals surface area contributed by atoms with Crippen molar-refractivity contribution in [2.45, 2.75) is 121 Å². The molecule has 0 bridgehead atoms. The van der Waals surface area contributed by atoms with Crippen LogP contribution >= 0.6 is 0 Å². The number of nitrogens with one attached hydrogen (secondary N) is 3. The molecular formula is C44H54N6O8S. The van der Waals surface area contributed by atoms with Crippen LogP contribution in [0.1, 0.15) is 95.9 Å². The fraction of sp³-hybridized carbons (Fsp3) is 0.500. The molecule has 59 heavy (non-hydrogen) atoms. The van der Waals surface area contributed by atoms with E-state index in [0.717, 1.165) is 18.4 Å². The second-order valence-electron chi connectivity index (χ2n) is 18.5. The summed E-state index contributed by atoms with van der Waals surface area (Å²) >= 11 is 0. The Bertz CT molecular complexity index is 2320. The van der Waals surface area contributed by atoms with E-state index in [0.29, 0.717) is 24.0 Å². The van der Waals surface area contributed by atoms with Crippen LogP contribution in [0.2, 0.25) is 0 Å². The first kappa shape index (κ1) is 41.8. The smallest absolute Gasteiger partial charge is 0.408 e. The summed E-state index contributed by atoms with van der Waals surface area (Å²) in [6, 6.07) is 14.4. The van der Waals surface area contributed by atoms with Crippen molar-refractivity contribution in [2.75, 3.05) is 6.54 Å². The van der Waals surface area contributed by atoms with Crippen molar-refractivity contribution >= 4 is 33.8 Å². The highest BCUT2D eigenvalue weighted by molar-refractivity contribution is 7.91. The van der Waals surface area contributed by atoms with Gasteiger partial charge in [-0.3, -0.25) is 23.9 Å². The first-order valence-corrected chi connectivity index (χ1v) is 21.8. The van der Waals surface area contributed by atoms with Gasteiger partial charge in [-0.15, -0.1) is 6.58 Å². The van der Waals surface area contributed by atoms with E-state index in [4.69, 9.17) is 9.84 Å². The zero-order valence-corrected chi connectivity index (χ0v) is 35.3. The summed E-state index contributed by atoms with van der Waals surface area (Å²) in [4.78, 5) is 72.3. The average Bonchev–Trinajstić information content (AvgIpc) is 4.06. The largest absolute Gasteiger partial charge is 0.444 e. The van der Waals surface area contributed by atoms with Crippen LogP contribution in [0.4, 0.5) is 4.79 Å². The molecule has 4 aliphatic rings. The van der Waals surface area contributed by atoms with Crippen molar-refractivity contribution in [3.63, 3.8) is 0 Å². The Kier molecular flexibility index (Phi) is 10.9. The third-order valence-electron chi connectivity index (χ3n) is 11.8. The molecule has 1 saturated heterocycles. The molecule has 2 heterocycles. The number of carbonyl (C=O) groups is 4. The summed E-state index contributed by atoms with van der Waals surface area (Å²) in [5.74, 6) is -2.75. The molecule has 5 atom stereocenters. The zero-order chi connectivity index (χ0) is 42.7. The number of nitrogens with zero attached hydrogens (tertiary/aromatic N) is 3. The minimum atomic E-state index is -3.94. The number of amides is 4. The molecule has 1 aromatic heterocycles. The minimum Gasteiger partial charge on any atom is -0.444 e. The lowest BCUT2D eigenvalue weighted by Gasteiger charge is -2.36. The van der Waals surface area contributed by atoms with Crippen LogP contribution in [0.3, 0.4) is 0 Å². The number of alkyl carbamates (subject to hydrolysis) is 1. The van der Waals surface area contributed by atoms with Crippen molar-refractivity contribution in [1.29, 1.82) is 0 Å². The topological polar surface area (TPSA) is 186 Å². The number of sulfonamides is 1. The maximum atomic E-state index is 14.8. The SMILES string of the molecule is C=C[C@@H]1C[C@]1(NC(=O)[C@@H]1C[C@@H](n2ncc(C3Cc4ccccc4C3)c(-c3ccccc3)c2=O)CN1C(=O)[C@@H](NC(=O)OC(C)(C)C)C(C)(C)C)C(=O)NS(=O)(=O)C1CC1. The molecule has 15 heteroatoms. The van der Waals surface area contributed by atoms with Crippen LogP contribution < -0.4 is 20.9 Å². The quantitative estimate of drug-likeness (QED) is 0.234. The van der Waals surface area contributed by atoms with Gasteiger partial charge in [0, 0.05) is 18.9 Å². The molecule has 1 aliphatic heterocycles. The Balaban J connectivity index is 1.25. The summed E-state index contributed by atoms with van der Waals surface area (Å²) in [7, 11) is -3.94. The molecule has 7 rings (SSSR count). The summed E-state index contributed by atoms with van der Waals surface area (Å²) < 4.78 is 34.7. The number of carbonyl (C=O) groups excluding carboxylic acids is 4. The second-order valence-corrected chi connectivity index (χ2v) is 20.4. The van der Waals surface area contributed by atoms with Gasteiger partial charge in [-0.2, -0.15) is 5.10 Å². The molecule has 3 aromatic rings.